The fraction of sp³-hybridized carbons (Fsp3) is 0.647. The molecule has 2 aliphatic rings. The first kappa shape index (κ1) is 22.0. The van der Waals surface area contributed by atoms with Gasteiger partial charge in [-0.25, -0.2) is 0 Å². The van der Waals surface area contributed by atoms with Crippen molar-refractivity contribution in [2.24, 2.45) is 5.92 Å². The number of nitrogens with two attached hydrogens (primary N) is 1. The molecule has 0 atom stereocenters. The van der Waals surface area contributed by atoms with Gasteiger partial charge in [-0.3, -0.25) is 14.7 Å². The van der Waals surface area contributed by atoms with Crippen LogP contribution < -0.4 is 5.73 Å². The van der Waals surface area contributed by atoms with E-state index in [1.165, 1.54) is 0 Å². The Kier molecular flexibility index (Phi) is 9.50. The normalized spacial score (nSPS) is 19.0. The summed E-state index contributed by atoms with van der Waals surface area (Å²) in [4.78, 5) is 21.1. The number of amides is 1. The van der Waals surface area contributed by atoms with Gasteiger partial charge in [0.25, 0.3) is 0 Å². The molecule has 1 aromatic heterocycles. The third-order valence-electron chi connectivity index (χ3n) is 4.77. The summed E-state index contributed by atoms with van der Waals surface area (Å²) in [6.07, 6.45) is 4.17. The molecule has 8 heteroatoms. The molecule has 2 saturated heterocycles. The van der Waals surface area contributed by atoms with Crippen LogP contribution in [0.2, 0.25) is 0 Å². The minimum atomic E-state index is 0. The Bertz CT molecular complexity index is 516. The molecular formula is C17H28Cl2N4O2. The molecule has 0 unspecified atom stereocenters. The van der Waals surface area contributed by atoms with Crippen LogP contribution in [0.5, 0.6) is 0 Å². The number of aromatic nitrogens is 1. The number of carbonyl (C=O) groups excluding carboxylic acids is 1. The van der Waals surface area contributed by atoms with Crippen LogP contribution in [-0.2, 0) is 16.0 Å². The molecule has 1 amide bonds. The summed E-state index contributed by atoms with van der Waals surface area (Å²) in [5, 5.41) is 0. The van der Waals surface area contributed by atoms with Gasteiger partial charge in [-0.05, 0) is 30.9 Å². The number of hydrogen-bond donors (Lipinski definition) is 1. The van der Waals surface area contributed by atoms with Crippen molar-refractivity contribution < 1.29 is 9.53 Å². The molecular weight excluding hydrogens is 363 g/mol. The Balaban J connectivity index is 0.00000156. The average molecular weight is 391 g/mol. The molecule has 2 N–H and O–H groups in total. The number of morpholine rings is 1. The molecule has 2 fully saturated rings. The molecule has 0 aromatic carbocycles. The van der Waals surface area contributed by atoms with Crippen molar-refractivity contribution in [1.29, 1.82) is 0 Å². The SMILES string of the molecule is Cl.Cl.Nc1ccc(CC(=O)N2CCC(CN3CCOCC3)CC2)nc1. The zero-order valence-electron chi connectivity index (χ0n) is 14.4. The smallest absolute Gasteiger partial charge is 0.228 e. The van der Waals surface area contributed by atoms with Crippen molar-refractivity contribution in [3.63, 3.8) is 0 Å². The maximum Gasteiger partial charge on any atom is 0.228 e. The Morgan fingerprint density at radius 3 is 2.44 bits per heavy atom. The van der Waals surface area contributed by atoms with Gasteiger partial charge in [0.2, 0.25) is 5.91 Å². The first-order valence-electron chi connectivity index (χ1n) is 8.49. The molecule has 0 saturated carbocycles. The largest absolute Gasteiger partial charge is 0.397 e. The second kappa shape index (κ2) is 10.8. The van der Waals surface area contributed by atoms with Gasteiger partial charge in [0, 0.05) is 38.4 Å². The van der Waals surface area contributed by atoms with Crippen molar-refractivity contribution in [2.45, 2.75) is 19.3 Å². The number of halogens is 2. The first-order chi connectivity index (χ1) is 11.2. The molecule has 142 valence electrons. The van der Waals surface area contributed by atoms with E-state index in [1.54, 1.807) is 12.3 Å². The topological polar surface area (TPSA) is 71.7 Å². The van der Waals surface area contributed by atoms with E-state index in [2.05, 4.69) is 9.88 Å². The van der Waals surface area contributed by atoms with E-state index in [-0.39, 0.29) is 30.7 Å². The quantitative estimate of drug-likeness (QED) is 0.845. The fourth-order valence-electron chi connectivity index (χ4n) is 3.32. The number of likely N-dealkylation sites (tertiary alicyclic amines) is 1. The van der Waals surface area contributed by atoms with Gasteiger partial charge < -0.3 is 15.4 Å². The number of rotatable bonds is 4. The zero-order valence-corrected chi connectivity index (χ0v) is 16.1. The molecule has 2 aliphatic heterocycles. The van der Waals surface area contributed by atoms with E-state index in [0.29, 0.717) is 18.0 Å². The van der Waals surface area contributed by atoms with Gasteiger partial charge in [0.1, 0.15) is 0 Å². The third-order valence-corrected chi connectivity index (χ3v) is 4.77. The van der Waals surface area contributed by atoms with E-state index >= 15 is 0 Å². The number of ether oxygens (including phenoxy) is 1. The van der Waals surface area contributed by atoms with Crippen LogP contribution in [0.1, 0.15) is 18.5 Å². The maximum absolute atomic E-state index is 12.4. The lowest BCUT2D eigenvalue weighted by Gasteiger charge is -2.36. The van der Waals surface area contributed by atoms with Crippen molar-refractivity contribution in [1.82, 2.24) is 14.8 Å². The highest BCUT2D eigenvalue weighted by Gasteiger charge is 2.25. The van der Waals surface area contributed by atoms with Gasteiger partial charge in [-0.2, -0.15) is 0 Å². The predicted octanol–water partition coefficient (Wildman–Crippen LogP) is 1.62. The molecule has 25 heavy (non-hydrogen) atoms. The summed E-state index contributed by atoms with van der Waals surface area (Å²) in [5.41, 5.74) is 7.04. The standard InChI is InChI=1S/C17H26N4O2.2ClH/c18-15-1-2-16(19-12-15)11-17(22)21-5-3-14(4-6-21)13-20-7-9-23-10-8-20;;/h1-2,12,14H,3-11,13,18H2;2*1H. The van der Waals surface area contributed by atoms with Crippen LogP contribution in [0.3, 0.4) is 0 Å². The fourth-order valence-corrected chi connectivity index (χ4v) is 3.32. The summed E-state index contributed by atoms with van der Waals surface area (Å²) in [6.45, 7) is 6.66. The number of piperidine rings is 1. The monoisotopic (exact) mass is 390 g/mol. The zero-order chi connectivity index (χ0) is 16.1. The number of carbonyl (C=O) groups is 1. The van der Waals surface area contributed by atoms with Crippen molar-refractivity contribution in [3.05, 3.63) is 24.0 Å². The minimum Gasteiger partial charge on any atom is -0.397 e. The van der Waals surface area contributed by atoms with E-state index in [9.17, 15) is 4.79 Å². The van der Waals surface area contributed by atoms with Crippen LogP contribution in [0.25, 0.3) is 0 Å². The number of hydrogen-bond acceptors (Lipinski definition) is 5. The van der Waals surface area contributed by atoms with E-state index in [1.807, 2.05) is 11.0 Å². The highest BCUT2D eigenvalue weighted by molar-refractivity contribution is 5.85. The summed E-state index contributed by atoms with van der Waals surface area (Å²) in [5.74, 6) is 0.874. The summed E-state index contributed by atoms with van der Waals surface area (Å²) >= 11 is 0. The molecule has 0 spiro atoms. The van der Waals surface area contributed by atoms with Gasteiger partial charge >= 0.3 is 0 Å². The minimum absolute atomic E-state index is 0. The van der Waals surface area contributed by atoms with Gasteiger partial charge in [0.15, 0.2) is 0 Å². The Labute approximate surface area is 161 Å². The number of nitrogen functional groups attached to an aromatic ring is 1. The van der Waals surface area contributed by atoms with Crippen LogP contribution in [-0.4, -0.2) is 66.6 Å². The van der Waals surface area contributed by atoms with Gasteiger partial charge in [-0.1, -0.05) is 0 Å². The number of nitrogens with zero attached hydrogens (tertiary/aromatic N) is 3. The molecule has 1 aromatic rings. The molecule has 6 nitrogen and oxygen atoms in total. The molecule has 0 bridgehead atoms. The second-order valence-corrected chi connectivity index (χ2v) is 6.50. The number of anilines is 1. The Morgan fingerprint density at radius 1 is 1.16 bits per heavy atom. The van der Waals surface area contributed by atoms with E-state index in [4.69, 9.17) is 10.5 Å². The third kappa shape index (κ3) is 6.62. The lowest BCUT2D eigenvalue weighted by Crippen LogP contribution is -2.44. The van der Waals surface area contributed by atoms with Crippen LogP contribution in [0, 0.1) is 5.92 Å². The lowest BCUT2D eigenvalue weighted by atomic mass is 9.95. The summed E-state index contributed by atoms with van der Waals surface area (Å²) in [6, 6.07) is 3.63. The maximum atomic E-state index is 12.4. The van der Waals surface area contributed by atoms with Crippen LogP contribution in [0.4, 0.5) is 5.69 Å². The highest BCUT2D eigenvalue weighted by atomic mass is 35.5. The van der Waals surface area contributed by atoms with Gasteiger partial charge in [-0.15, -0.1) is 24.8 Å². The molecule has 3 rings (SSSR count). The molecule has 3 heterocycles. The highest BCUT2D eigenvalue weighted by Crippen LogP contribution is 2.19. The van der Waals surface area contributed by atoms with Crippen molar-refractivity contribution in [3.8, 4) is 0 Å². The Hall–Kier alpha value is -1.08. The van der Waals surface area contributed by atoms with E-state index < -0.39 is 0 Å². The first-order valence-corrected chi connectivity index (χ1v) is 8.49. The van der Waals surface area contributed by atoms with Crippen LogP contribution in [0.15, 0.2) is 18.3 Å². The van der Waals surface area contributed by atoms with Crippen molar-refractivity contribution in [2.75, 3.05) is 51.7 Å². The molecule has 0 aliphatic carbocycles. The Morgan fingerprint density at radius 2 is 1.84 bits per heavy atom. The number of pyridine rings is 1. The van der Waals surface area contributed by atoms with Crippen molar-refractivity contribution >= 4 is 36.4 Å². The summed E-state index contributed by atoms with van der Waals surface area (Å²) in [7, 11) is 0. The van der Waals surface area contributed by atoms with Crippen LogP contribution >= 0.6 is 24.8 Å². The lowest BCUT2D eigenvalue weighted by molar-refractivity contribution is -0.132. The predicted molar refractivity (Wildman–Crippen MR) is 103 cm³/mol. The summed E-state index contributed by atoms with van der Waals surface area (Å²) < 4.78 is 5.39. The van der Waals surface area contributed by atoms with Gasteiger partial charge in [0.05, 0.1) is 31.5 Å². The average Bonchev–Trinajstić information content (AvgIpc) is 2.58. The molecule has 0 radical (unpaired) electrons. The second-order valence-electron chi connectivity index (χ2n) is 6.50. The van der Waals surface area contributed by atoms with E-state index in [0.717, 1.165) is 64.5 Å².